The van der Waals surface area contributed by atoms with Gasteiger partial charge in [-0.15, -0.1) is 21.5 Å². The third kappa shape index (κ3) is 4.95. The van der Waals surface area contributed by atoms with Crippen LogP contribution in [0.5, 0.6) is 0 Å². The molecule has 1 aliphatic rings. The first-order chi connectivity index (χ1) is 14.6. The van der Waals surface area contributed by atoms with E-state index in [1.807, 2.05) is 19.1 Å². The van der Waals surface area contributed by atoms with Gasteiger partial charge in [-0.3, -0.25) is 4.79 Å². The van der Waals surface area contributed by atoms with Gasteiger partial charge in [-0.25, -0.2) is 0 Å². The van der Waals surface area contributed by atoms with Crippen LogP contribution in [0.3, 0.4) is 0 Å². The molecule has 1 fully saturated rings. The van der Waals surface area contributed by atoms with E-state index < -0.39 is 0 Å². The van der Waals surface area contributed by atoms with Crippen LogP contribution in [-0.4, -0.2) is 26.4 Å². The molecule has 2 heterocycles. The average Bonchev–Trinajstić information content (AvgIpc) is 3.41. The summed E-state index contributed by atoms with van der Waals surface area (Å²) in [5.74, 6) is 1.34. The molecular weight excluding hydrogens is 412 g/mol. The number of thiophene rings is 1. The monoisotopic (exact) mass is 440 g/mol. The highest BCUT2D eigenvalue weighted by Gasteiger charge is 2.24. The van der Waals surface area contributed by atoms with Gasteiger partial charge in [-0.1, -0.05) is 49.2 Å². The summed E-state index contributed by atoms with van der Waals surface area (Å²) in [6, 6.07) is 10.6. The number of hydrogen-bond donors (Lipinski definition) is 1. The highest BCUT2D eigenvalue weighted by Crippen LogP contribution is 2.33. The number of aromatic nitrogens is 3. The Morgan fingerprint density at radius 1 is 1.17 bits per heavy atom. The van der Waals surface area contributed by atoms with E-state index in [1.165, 1.54) is 41.5 Å². The quantitative estimate of drug-likeness (QED) is 0.473. The van der Waals surface area contributed by atoms with Crippen molar-refractivity contribution in [1.82, 2.24) is 14.8 Å². The van der Waals surface area contributed by atoms with Crippen molar-refractivity contribution < 1.29 is 4.79 Å². The predicted molar refractivity (Wildman–Crippen MR) is 125 cm³/mol. The summed E-state index contributed by atoms with van der Waals surface area (Å²) in [5, 5.41) is 15.0. The second-order valence-corrected chi connectivity index (χ2v) is 9.88. The summed E-state index contributed by atoms with van der Waals surface area (Å²) in [5.41, 5.74) is 3.17. The van der Waals surface area contributed by atoms with Crippen LogP contribution in [0, 0.1) is 13.8 Å². The van der Waals surface area contributed by atoms with Gasteiger partial charge in [0.05, 0.1) is 5.75 Å². The van der Waals surface area contributed by atoms with Gasteiger partial charge in [0.25, 0.3) is 0 Å². The number of aryl methyl sites for hydroxylation is 1. The second kappa shape index (κ2) is 9.79. The van der Waals surface area contributed by atoms with E-state index in [4.69, 9.17) is 0 Å². The zero-order valence-electron chi connectivity index (χ0n) is 17.6. The van der Waals surface area contributed by atoms with Crippen molar-refractivity contribution in [3.8, 4) is 0 Å². The molecule has 2 aromatic heterocycles. The first kappa shape index (κ1) is 21.1. The summed E-state index contributed by atoms with van der Waals surface area (Å²) in [6.45, 7) is 4.09. The van der Waals surface area contributed by atoms with Crippen molar-refractivity contribution in [2.75, 3.05) is 11.1 Å². The van der Waals surface area contributed by atoms with Gasteiger partial charge in [0.1, 0.15) is 5.82 Å². The van der Waals surface area contributed by atoms with Gasteiger partial charge in [0.2, 0.25) is 5.91 Å². The molecule has 4 rings (SSSR count). The summed E-state index contributed by atoms with van der Waals surface area (Å²) in [6.07, 6.45) is 6.93. The SMILES string of the molecule is Cc1cccc(NC(=O)CSc2nnc(Cc3cccs3)n2C2CCCCC2)c1C. The summed E-state index contributed by atoms with van der Waals surface area (Å²) in [7, 11) is 0. The molecule has 0 spiro atoms. The van der Waals surface area contributed by atoms with Crippen molar-refractivity contribution in [2.24, 2.45) is 0 Å². The summed E-state index contributed by atoms with van der Waals surface area (Å²) >= 11 is 3.24. The van der Waals surface area contributed by atoms with Gasteiger partial charge >= 0.3 is 0 Å². The van der Waals surface area contributed by atoms with Gasteiger partial charge in [0, 0.05) is 23.0 Å². The number of anilines is 1. The molecule has 1 aliphatic carbocycles. The normalized spacial score (nSPS) is 14.7. The maximum absolute atomic E-state index is 12.6. The highest BCUT2D eigenvalue weighted by atomic mass is 32.2. The van der Waals surface area contributed by atoms with Crippen molar-refractivity contribution in [3.05, 3.63) is 57.5 Å². The lowest BCUT2D eigenvalue weighted by molar-refractivity contribution is -0.113. The molecule has 3 aromatic rings. The van der Waals surface area contributed by atoms with Crippen LogP contribution in [-0.2, 0) is 11.2 Å². The Kier molecular flexibility index (Phi) is 6.89. The van der Waals surface area contributed by atoms with Crippen molar-refractivity contribution in [1.29, 1.82) is 0 Å². The van der Waals surface area contributed by atoms with Crippen LogP contribution in [0.4, 0.5) is 5.69 Å². The average molecular weight is 441 g/mol. The fraction of sp³-hybridized carbons (Fsp3) is 0.435. The molecule has 1 N–H and O–H groups in total. The van der Waals surface area contributed by atoms with Crippen LogP contribution in [0.1, 0.15) is 60.0 Å². The predicted octanol–water partition coefficient (Wildman–Crippen LogP) is 5.78. The van der Waals surface area contributed by atoms with Crippen molar-refractivity contribution in [2.45, 2.75) is 63.6 Å². The Morgan fingerprint density at radius 2 is 2.00 bits per heavy atom. The number of nitrogens with zero attached hydrogens (tertiary/aromatic N) is 3. The second-order valence-electron chi connectivity index (χ2n) is 7.90. The van der Waals surface area contributed by atoms with Crippen molar-refractivity contribution >= 4 is 34.7 Å². The third-order valence-corrected chi connectivity index (χ3v) is 7.62. The number of carbonyl (C=O) groups excluding carboxylic acids is 1. The molecule has 7 heteroatoms. The Bertz CT molecular complexity index is 991. The fourth-order valence-corrected chi connectivity index (χ4v) is 5.53. The fourth-order valence-electron chi connectivity index (χ4n) is 4.00. The molecule has 0 unspecified atom stereocenters. The van der Waals surface area contributed by atoms with Crippen molar-refractivity contribution in [3.63, 3.8) is 0 Å². The molecule has 158 valence electrons. The minimum absolute atomic E-state index is 0.00768. The maximum atomic E-state index is 12.6. The van der Waals surface area contributed by atoms with E-state index in [2.05, 4.69) is 50.6 Å². The Hall–Kier alpha value is -2.12. The van der Waals surface area contributed by atoms with Gasteiger partial charge in [-0.05, 0) is 55.3 Å². The van der Waals surface area contributed by atoms with Crippen LogP contribution >= 0.6 is 23.1 Å². The van der Waals surface area contributed by atoms with Gasteiger partial charge < -0.3 is 9.88 Å². The first-order valence-corrected chi connectivity index (χ1v) is 12.4. The number of hydrogen-bond acceptors (Lipinski definition) is 5. The molecule has 0 bridgehead atoms. The topological polar surface area (TPSA) is 59.8 Å². The van der Waals surface area contributed by atoms with E-state index in [-0.39, 0.29) is 5.91 Å². The minimum atomic E-state index is -0.00768. The zero-order chi connectivity index (χ0) is 20.9. The minimum Gasteiger partial charge on any atom is -0.325 e. The molecule has 1 saturated carbocycles. The lowest BCUT2D eigenvalue weighted by Crippen LogP contribution is -2.18. The molecule has 30 heavy (non-hydrogen) atoms. The first-order valence-electron chi connectivity index (χ1n) is 10.6. The number of nitrogens with one attached hydrogen (secondary N) is 1. The summed E-state index contributed by atoms with van der Waals surface area (Å²) in [4.78, 5) is 13.9. The van der Waals surface area contributed by atoms with Crippen LogP contribution < -0.4 is 5.32 Å². The molecule has 5 nitrogen and oxygen atoms in total. The third-order valence-electron chi connectivity index (χ3n) is 5.80. The number of thioether (sulfide) groups is 1. The van der Waals surface area contributed by atoms with E-state index in [0.717, 1.165) is 41.5 Å². The lowest BCUT2D eigenvalue weighted by Gasteiger charge is -2.25. The smallest absolute Gasteiger partial charge is 0.234 e. The van der Waals surface area contributed by atoms with Gasteiger partial charge in [0.15, 0.2) is 5.16 Å². The largest absolute Gasteiger partial charge is 0.325 e. The molecule has 1 aromatic carbocycles. The molecular formula is C23H28N4OS2. The zero-order valence-corrected chi connectivity index (χ0v) is 19.2. The molecule has 1 amide bonds. The standard InChI is InChI=1S/C23H28N4OS2/c1-16-8-6-12-20(17(16)2)24-22(28)15-30-23-26-25-21(14-19-11-7-13-29-19)27(23)18-9-4-3-5-10-18/h6-8,11-13,18H,3-5,9-10,14-15H2,1-2H3,(H,24,28). The van der Waals surface area contributed by atoms with Crippen LogP contribution in [0.25, 0.3) is 0 Å². The number of benzene rings is 1. The Balaban J connectivity index is 1.48. The number of carbonyl (C=O) groups is 1. The lowest BCUT2D eigenvalue weighted by atomic mass is 9.95. The van der Waals surface area contributed by atoms with E-state index in [0.29, 0.717) is 11.8 Å². The van der Waals surface area contributed by atoms with Crippen LogP contribution in [0.15, 0.2) is 40.9 Å². The van der Waals surface area contributed by atoms with Crippen LogP contribution in [0.2, 0.25) is 0 Å². The van der Waals surface area contributed by atoms with Gasteiger partial charge in [-0.2, -0.15) is 0 Å². The Labute approximate surface area is 186 Å². The highest BCUT2D eigenvalue weighted by molar-refractivity contribution is 7.99. The molecule has 0 aliphatic heterocycles. The Morgan fingerprint density at radius 3 is 2.77 bits per heavy atom. The summed E-state index contributed by atoms with van der Waals surface area (Å²) < 4.78 is 2.31. The molecule has 0 atom stereocenters. The van der Waals surface area contributed by atoms with E-state index in [9.17, 15) is 4.79 Å². The number of amides is 1. The molecule has 0 saturated heterocycles. The molecule has 0 radical (unpaired) electrons. The van der Waals surface area contributed by atoms with E-state index >= 15 is 0 Å². The number of rotatable bonds is 7. The maximum Gasteiger partial charge on any atom is 0.234 e. The van der Waals surface area contributed by atoms with E-state index in [1.54, 1.807) is 11.3 Å².